The van der Waals surface area contributed by atoms with Crippen molar-refractivity contribution < 1.29 is 0 Å². The van der Waals surface area contributed by atoms with Gasteiger partial charge in [-0.1, -0.05) is 6.07 Å². The summed E-state index contributed by atoms with van der Waals surface area (Å²) in [4.78, 5) is 1.18. The largest absolute Gasteiger partial charge is 0.254 e. The average molecular weight is 229 g/mol. The molecule has 80 valence electrons. The smallest absolute Gasteiger partial charge is 0.128 e. The lowest BCUT2D eigenvalue weighted by Crippen LogP contribution is -2.02. The van der Waals surface area contributed by atoms with E-state index in [9.17, 15) is 0 Å². The van der Waals surface area contributed by atoms with Crippen LogP contribution in [-0.2, 0) is 6.54 Å². The van der Waals surface area contributed by atoms with E-state index in [4.69, 9.17) is 5.26 Å². The van der Waals surface area contributed by atoms with Crippen molar-refractivity contribution in [2.75, 3.05) is 0 Å². The van der Waals surface area contributed by atoms with Crippen LogP contribution in [0.5, 0.6) is 0 Å². The molecule has 0 bridgehead atoms. The van der Waals surface area contributed by atoms with Crippen molar-refractivity contribution in [2.45, 2.75) is 25.3 Å². The maximum Gasteiger partial charge on any atom is 0.128 e. The van der Waals surface area contributed by atoms with Gasteiger partial charge in [0.15, 0.2) is 0 Å². The zero-order valence-electron chi connectivity index (χ0n) is 8.76. The Labute approximate surface area is 97.9 Å². The minimum atomic E-state index is 0.358. The molecule has 1 aliphatic carbocycles. The topological polar surface area (TPSA) is 41.6 Å². The van der Waals surface area contributed by atoms with Crippen LogP contribution in [0, 0.1) is 11.3 Å². The van der Waals surface area contributed by atoms with E-state index in [2.05, 4.69) is 28.7 Å². The summed E-state index contributed by atoms with van der Waals surface area (Å²) in [5.41, 5.74) is 2.23. The quantitative estimate of drug-likeness (QED) is 0.811. The van der Waals surface area contributed by atoms with E-state index in [0.717, 1.165) is 5.69 Å². The van der Waals surface area contributed by atoms with Gasteiger partial charge in [0.2, 0.25) is 0 Å². The first-order valence-electron chi connectivity index (χ1n) is 5.37. The summed E-state index contributed by atoms with van der Waals surface area (Å²) < 4.78 is 1.85. The summed E-state index contributed by atoms with van der Waals surface area (Å²) in [6.07, 6.45) is 2.47. The van der Waals surface area contributed by atoms with Gasteiger partial charge in [0, 0.05) is 11.6 Å². The highest BCUT2D eigenvalue weighted by atomic mass is 32.1. The highest BCUT2D eigenvalue weighted by molar-refractivity contribution is 7.13. The molecule has 0 N–H and O–H groups in total. The highest BCUT2D eigenvalue weighted by Gasteiger charge is 2.28. The van der Waals surface area contributed by atoms with Gasteiger partial charge < -0.3 is 0 Å². The Morgan fingerprint density at radius 2 is 2.44 bits per heavy atom. The monoisotopic (exact) mass is 229 g/mol. The first-order valence-corrected chi connectivity index (χ1v) is 6.25. The summed E-state index contributed by atoms with van der Waals surface area (Å²) in [5, 5.41) is 15.3. The van der Waals surface area contributed by atoms with Crippen LogP contribution in [-0.4, -0.2) is 9.78 Å². The Bertz CT molecular complexity index is 529. The molecule has 2 aromatic rings. The fourth-order valence-corrected chi connectivity index (χ4v) is 2.56. The van der Waals surface area contributed by atoms with Crippen LogP contribution in [0.15, 0.2) is 23.6 Å². The molecule has 4 heteroatoms. The number of hydrogen-bond acceptors (Lipinski definition) is 3. The molecular weight excluding hydrogens is 218 g/mol. The lowest BCUT2D eigenvalue weighted by atomic mass is 10.2. The van der Waals surface area contributed by atoms with Gasteiger partial charge in [0.25, 0.3) is 0 Å². The molecule has 2 heterocycles. The zero-order valence-corrected chi connectivity index (χ0v) is 9.57. The van der Waals surface area contributed by atoms with E-state index in [1.54, 1.807) is 11.3 Å². The average Bonchev–Trinajstić information content (AvgIpc) is 2.82. The van der Waals surface area contributed by atoms with Crippen LogP contribution >= 0.6 is 11.3 Å². The van der Waals surface area contributed by atoms with Crippen molar-refractivity contribution in [1.29, 1.82) is 5.26 Å². The molecule has 16 heavy (non-hydrogen) atoms. The second kappa shape index (κ2) is 3.76. The van der Waals surface area contributed by atoms with Gasteiger partial charge >= 0.3 is 0 Å². The normalized spacial score (nSPS) is 14.9. The Morgan fingerprint density at radius 3 is 3.06 bits per heavy atom. The van der Waals surface area contributed by atoms with Gasteiger partial charge in [-0.2, -0.15) is 10.4 Å². The van der Waals surface area contributed by atoms with Gasteiger partial charge in [-0.3, -0.25) is 4.68 Å². The SMILES string of the molecule is N#CCn1nc(-c2cccs2)cc1C1CC1. The standard InChI is InChI=1S/C12H11N3S/c13-5-6-15-11(9-3-4-9)8-10(14-15)12-2-1-7-16-12/h1-2,7-9H,3-4,6H2. The second-order valence-corrected chi connectivity index (χ2v) is 4.97. The number of rotatable bonds is 3. The molecule has 0 atom stereocenters. The van der Waals surface area contributed by atoms with E-state index in [0.29, 0.717) is 12.5 Å². The molecule has 0 aromatic carbocycles. The molecule has 3 rings (SSSR count). The number of nitrogens with zero attached hydrogens (tertiary/aromatic N) is 3. The molecule has 0 unspecified atom stereocenters. The minimum Gasteiger partial charge on any atom is -0.254 e. The number of thiophene rings is 1. The molecule has 0 spiro atoms. The number of nitriles is 1. The van der Waals surface area contributed by atoms with Crippen molar-refractivity contribution in [3.63, 3.8) is 0 Å². The van der Waals surface area contributed by atoms with Gasteiger partial charge in [0.05, 0.1) is 10.9 Å². The van der Waals surface area contributed by atoms with Crippen molar-refractivity contribution in [1.82, 2.24) is 9.78 Å². The van der Waals surface area contributed by atoms with Gasteiger partial charge in [-0.05, 0) is 30.4 Å². The predicted molar refractivity (Wildman–Crippen MR) is 63.1 cm³/mol. The summed E-state index contributed by atoms with van der Waals surface area (Å²) >= 11 is 1.69. The van der Waals surface area contributed by atoms with Crippen molar-refractivity contribution in [3.05, 3.63) is 29.3 Å². The molecule has 0 aliphatic heterocycles. The van der Waals surface area contributed by atoms with E-state index in [-0.39, 0.29) is 0 Å². The zero-order chi connectivity index (χ0) is 11.0. The van der Waals surface area contributed by atoms with E-state index in [1.807, 2.05) is 10.7 Å². The number of hydrogen-bond donors (Lipinski definition) is 0. The van der Waals surface area contributed by atoms with Crippen LogP contribution in [0.4, 0.5) is 0 Å². The van der Waals surface area contributed by atoms with Crippen molar-refractivity contribution >= 4 is 11.3 Å². The van der Waals surface area contributed by atoms with Crippen molar-refractivity contribution in [2.24, 2.45) is 0 Å². The van der Waals surface area contributed by atoms with Crippen LogP contribution < -0.4 is 0 Å². The Hall–Kier alpha value is -1.60. The van der Waals surface area contributed by atoms with E-state index >= 15 is 0 Å². The molecular formula is C12H11N3S. The molecule has 0 radical (unpaired) electrons. The molecule has 0 saturated heterocycles. The lowest BCUT2D eigenvalue weighted by molar-refractivity contribution is 0.668. The van der Waals surface area contributed by atoms with Gasteiger partial charge in [0.1, 0.15) is 12.2 Å². The number of aromatic nitrogens is 2. The Morgan fingerprint density at radius 1 is 1.56 bits per heavy atom. The van der Waals surface area contributed by atoms with Crippen LogP contribution in [0.2, 0.25) is 0 Å². The molecule has 0 amide bonds. The first-order chi connectivity index (χ1) is 7.88. The first kappa shape index (κ1) is 9.61. The maximum atomic E-state index is 8.78. The Kier molecular flexibility index (Phi) is 2.26. The maximum absolute atomic E-state index is 8.78. The summed E-state index contributed by atoms with van der Waals surface area (Å²) in [6, 6.07) is 8.41. The molecule has 3 nitrogen and oxygen atoms in total. The fourth-order valence-electron chi connectivity index (χ4n) is 1.88. The summed E-state index contributed by atoms with van der Waals surface area (Å²) in [6.45, 7) is 0.358. The third-order valence-corrected chi connectivity index (χ3v) is 3.69. The minimum absolute atomic E-state index is 0.358. The van der Waals surface area contributed by atoms with Gasteiger partial charge in [-0.25, -0.2) is 0 Å². The Balaban J connectivity index is 2.01. The highest BCUT2D eigenvalue weighted by Crippen LogP contribution is 2.41. The molecule has 1 saturated carbocycles. The molecule has 1 aliphatic rings. The lowest BCUT2D eigenvalue weighted by Gasteiger charge is -1.98. The summed E-state index contributed by atoms with van der Waals surface area (Å²) in [7, 11) is 0. The summed E-state index contributed by atoms with van der Waals surface area (Å²) in [5.74, 6) is 0.634. The van der Waals surface area contributed by atoms with Gasteiger partial charge in [-0.15, -0.1) is 11.3 Å². The van der Waals surface area contributed by atoms with Crippen molar-refractivity contribution in [3.8, 4) is 16.6 Å². The van der Waals surface area contributed by atoms with Crippen LogP contribution in [0.3, 0.4) is 0 Å². The van der Waals surface area contributed by atoms with Crippen LogP contribution in [0.25, 0.3) is 10.6 Å². The van der Waals surface area contributed by atoms with E-state index < -0.39 is 0 Å². The van der Waals surface area contributed by atoms with Crippen LogP contribution in [0.1, 0.15) is 24.5 Å². The fraction of sp³-hybridized carbons (Fsp3) is 0.333. The molecule has 2 aromatic heterocycles. The second-order valence-electron chi connectivity index (χ2n) is 4.02. The predicted octanol–water partition coefficient (Wildman–Crippen LogP) is 3.01. The third-order valence-electron chi connectivity index (χ3n) is 2.80. The molecule has 1 fully saturated rings. The third kappa shape index (κ3) is 1.63. The van der Waals surface area contributed by atoms with E-state index in [1.165, 1.54) is 23.4 Å².